The van der Waals surface area contributed by atoms with Crippen molar-refractivity contribution in [1.29, 1.82) is 0 Å². The summed E-state index contributed by atoms with van der Waals surface area (Å²) in [5.74, 6) is -0.304. The predicted molar refractivity (Wildman–Crippen MR) is 86.2 cm³/mol. The van der Waals surface area contributed by atoms with Crippen molar-refractivity contribution < 1.29 is 18.4 Å². The van der Waals surface area contributed by atoms with Gasteiger partial charge in [-0.25, -0.2) is 9.18 Å². The molecule has 0 aliphatic carbocycles. The molecule has 1 aromatic heterocycles. The highest BCUT2D eigenvalue weighted by atomic mass is 19.1. The van der Waals surface area contributed by atoms with Crippen LogP contribution in [0.15, 0.2) is 47.1 Å². The van der Waals surface area contributed by atoms with Crippen LogP contribution in [0.1, 0.15) is 23.4 Å². The van der Waals surface area contributed by atoms with E-state index in [-0.39, 0.29) is 29.6 Å². The minimum Gasteiger partial charge on any atom is -0.459 e. The van der Waals surface area contributed by atoms with E-state index in [2.05, 4.69) is 10.6 Å². The second kappa shape index (κ2) is 7.16. The van der Waals surface area contributed by atoms with E-state index in [0.29, 0.717) is 31.6 Å². The molecule has 1 saturated heterocycles. The van der Waals surface area contributed by atoms with E-state index < -0.39 is 0 Å². The molecule has 2 aromatic rings. The SMILES string of the molecule is O=C(NC1CCN(C(=O)Nc2ccc(F)cc2)CC1)c1ccco1. The molecule has 1 aromatic carbocycles. The standard InChI is InChI=1S/C17H18FN3O3/c18-12-3-5-13(6-4-12)20-17(23)21-9-7-14(8-10-21)19-16(22)15-2-1-11-24-15/h1-6,11,14H,7-10H2,(H,19,22)(H,20,23). The van der Waals surface area contributed by atoms with Crippen LogP contribution in [0.5, 0.6) is 0 Å². The van der Waals surface area contributed by atoms with Gasteiger partial charge in [-0.2, -0.15) is 0 Å². The molecule has 2 heterocycles. The van der Waals surface area contributed by atoms with Crippen molar-refractivity contribution in [3.63, 3.8) is 0 Å². The number of amides is 3. The van der Waals surface area contributed by atoms with Crippen LogP contribution in [0.3, 0.4) is 0 Å². The van der Waals surface area contributed by atoms with Crippen LogP contribution >= 0.6 is 0 Å². The summed E-state index contributed by atoms with van der Waals surface area (Å²) in [5, 5.41) is 5.64. The van der Waals surface area contributed by atoms with E-state index in [1.807, 2.05) is 0 Å². The van der Waals surface area contributed by atoms with Gasteiger partial charge in [0, 0.05) is 24.8 Å². The molecule has 0 atom stereocenters. The number of furan rings is 1. The van der Waals surface area contributed by atoms with Gasteiger partial charge in [0.2, 0.25) is 0 Å². The topological polar surface area (TPSA) is 74.6 Å². The van der Waals surface area contributed by atoms with Crippen LogP contribution in [0.2, 0.25) is 0 Å². The normalized spacial score (nSPS) is 15.1. The highest BCUT2D eigenvalue weighted by Crippen LogP contribution is 2.14. The number of rotatable bonds is 3. The molecule has 126 valence electrons. The van der Waals surface area contributed by atoms with Gasteiger partial charge in [0.15, 0.2) is 5.76 Å². The van der Waals surface area contributed by atoms with E-state index in [4.69, 9.17) is 4.42 Å². The Bertz CT molecular complexity index is 692. The molecule has 0 bridgehead atoms. The number of hydrogen-bond donors (Lipinski definition) is 2. The third kappa shape index (κ3) is 3.92. The predicted octanol–water partition coefficient (Wildman–Crippen LogP) is 2.85. The Balaban J connectivity index is 1.47. The Hall–Kier alpha value is -2.83. The van der Waals surface area contributed by atoms with Gasteiger partial charge in [-0.05, 0) is 49.2 Å². The summed E-state index contributed by atoms with van der Waals surface area (Å²) in [6, 6.07) is 8.69. The second-order valence-electron chi connectivity index (χ2n) is 5.65. The van der Waals surface area contributed by atoms with Crippen LogP contribution in [-0.4, -0.2) is 36.0 Å². The maximum absolute atomic E-state index is 12.9. The molecule has 2 N–H and O–H groups in total. The number of nitrogens with zero attached hydrogens (tertiary/aromatic N) is 1. The summed E-state index contributed by atoms with van der Waals surface area (Å²) < 4.78 is 17.9. The molecule has 0 radical (unpaired) electrons. The van der Waals surface area contributed by atoms with E-state index in [9.17, 15) is 14.0 Å². The van der Waals surface area contributed by atoms with E-state index in [1.165, 1.54) is 30.5 Å². The molecule has 7 heteroatoms. The number of carbonyl (C=O) groups excluding carboxylic acids is 2. The molecule has 0 unspecified atom stereocenters. The molecule has 3 amide bonds. The van der Waals surface area contributed by atoms with Crippen LogP contribution < -0.4 is 10.6 Å². The Labute approximate surface area is 138 Å². The van der Waals surface area contributed by atoms with Gasteiger partial charge >= 0.3 is 6.03 Å². The number of piperidine rings is 1. The number of halogens is 1. The fourth-order valence-electron chi connectivity index (χ4n) is 2.63. The third-order valence-corrected chi connectivity index (χ3v) is 3.96. The molecule has 24 heavy (non-hydrogen) atoms. The molecule has 3 rings (SSSR count). The van der Waals surface area contributed by atoms with E-state index in [0.717, 1.165) is 0 Å². The van der Waals surface area contributed by atoms with Crippen LogP contribution in [-0.2, 0) is 0 Å². The first kappa shape index (κ1) is 16.0. The minimum absolute atomic E-state index is 0.0115. The average molecular weight is 331 g/mol. The zero-order chi connectivity index (χ0) is 16.9. The smallest absolute Gasteiger partial charge is 0.321 e. The molecule has 1 fully saturated rings. The second-order valence-corrected chi connectivity index (χ2v) is 5.65. The number of likely N-dealkylation sites (tertiary alicyclic amines) is 1. The summed E-state index contributed by atoms with van der Waals surface area (Å²) in [5.41, 5.74) is 0.551. The summed E-state index contributed by atoms with van der Waals surface area (Å²) >= 11 is 0. The summed E-state index contributed by atoms with van der Waals surface area (Å²) in [7, 11) is 0. The Morgan fingerprint density at radius 2 is 1.83 bits per heavy atom. The number of anilines is 1. The first-order valence-electron chi connectivity index (χ1n) is 7.77. The van der Waals surface area contributed by atoms with Crippen molar-refractivity contribution in [3.8, 4) is 0 Å². The van der Waals surface area contributed by atoms with Gasteiger partial charge in [0.25, 0.3) is 5.91 Å². The number of nitrogens with one attached hydrogen (secondary N) is 2. The number of benzene rings is 1. The fourth-order valence-corrected chi connectivity index (χ4v) is 2.63. The average Bonchev–Trinajstić information content (AvgIpc) is 3.12. The summed E-state index contributed by atoms with van der Waals surface area (Å²) in [4.78, 5) is 25.8. The van der Waals surface area contributed by atoms with Gasteiger partial charge < -0.3 is 20.0 Å². The monoisotopic (exact) mass is 331 g/mol. The highest BCUT2D eigenvalue weighted by molar-refractivity contribution is 5.91. The lowest BCUT2D eigenvalue weighted by molar-refractivity contribution is 0.0891. The highest BCUT2D eigenvalue weighted by Gasteiger charge is 2.24. The van der Waals surface area contributed by atoms with Gasteiger partial charge in [0.1, 0.15) is 5.82 Å². The van der Waals surface area contributed by atoms with Crippen molar-refractivity contribution in [3.05, 3.63) is 54.2 Å². The molecular formula is C17H18FN3O3. The van der Waals surface area contributed by atoms with Crippen LogP contribution in [0.4, 0.5) is 14.9 Å². The van der Waals surface area contributed by atoms with Crippen molar-refractivity contribution >= 4 is 17.6 Å². The maximum Gasteiger partial charge on any atom is 0.321 e. The first-order valence-corrected chi connectivity index (χ1v) is 7.77. The Morgan fingerprint density at radius 3 is 2.46 bits per heavy atom. The van der Waals surface area contributed by atoms with Crippen molar-refractivity contribution in [1.82, 2.24) is 10.2 Å². The van der Waals surface area contributed by atoms with E-state index in [1.54, 1.807) is 17.0 Å². The van der Waals surface area contributed by atoms with Gasteiger partial charge in [-0.1, -0.05) is 0 Å². The number of hydrogen-bond acceptors (Lipinski definition) is 3. The third-order valence-electron chi connectivity index (χ3n) is 3.96. The lowest BCUT2D eigenvalue weighted by atomic mass is 10.1. The van der Waals surface area contributed by atoms with Gasteiger partial charge in [-0.3, -0.25) is 4.79 Å². The molecule has 0 saturated carbocycles. The molecule has 1 aliphatic heterocycles. The van der Waals surface area contributed by atoms with Crippen LogP contribution in [0, 0.1) is 5.82 Å². The van der Waals surface area contributed by atoms with Crippen molar-refractivity contribution in [2.45, 2.75) is 18.9 Å². The maximum atomic E-state index is 12.9. The van der Waals surface area contributed by atoms with E-state index >= 15 is 0 Å². The largest absolute Gasteiger partial charge is 0.459 e. The molecule has 6 nitrogen and oxygen atoms in total. The fraction of sp³-hybridized carbons (Fsp3) is 0.294. The first-order chi connectivity index (χ1) is 11.6. The summed E-state index contributed by atoms with van der Waals surface area (Å²) in [6.07, 6.45) is 2.80. The van der Waals surface area contributed by atoms with Gasteiger partial charge in [0.05, 0.1) is 6.26 Å². The summed E-state index contributed by atoms with van der Waals surface area (Å²) in [6.45, 7) is 1.08. The zero-order valence-electron chi connectivity index (χ0n) is 13.0. The lowest BCUT2D eigenvalue weighted by Gasteiger charge is -2.32. The van der Waals surface area contributed by atoms with Crippen LogP contribution in [0.25, 0.3) is 0 Å². The minimum atomic E-state index is -0.346. The number of urea groups is 1. The molecule has 1 aliphatic rings. The van der Waals surface area contributed by atoms with Crippen molar-refractivity contribution in [2.75, 3.05) is 18.4 Å². The Kier molecular flexibility index (Phi) is 4.79. The Morgan fingerprint density at radius 1 is 1.12 bits per heavy atom. The quantitative estimate of drug-likeness (QED) is 0.908. The molecule has 0 spiro atoms. The lowest BCUT2D eigenvalue weighted by Crippen LogP contribution is -2.47. The molecular weight excluding hydrogens is 313 g/mol. The number of carbonyl (C=O) groups is 2. The van der Waals surface area contributed by atoms with Gasteiger partial charge in [-0.15, -0.1) is 0 Å². The van der Waals surface area contributed by atoms with Crippen molar-refractivity contribution in [2.24, 2.45) is 0 Å². The zero-order valence-corrected chi connectivity index (χ0v) is 13.0.